The first kappa shape index (κ1) is 22.7. The molecule has 2 aromatic carbocycles. The SMILES string of the molecule is O=S(=O)(NCCCNc1nccc(-c2c(-c3cccc(F)c3)nc3occn23)n1)c1ccccc1. The first-order chi connectivity index (χ1) is 17.0. The minimum absolute atomic E-state index is 0.226. The number of nitrogens with zero attached hydrogens (tertiary/aromatic N) is 4. The van der Waals surface area contributed by atoms with Gasteiger partial charge in [0.25, 0.3) is 0 Å². The fraction of sp³-hybridized carbons (Fsp3) is 0.125. The molecule has 9 nitrogen and oxygen atoms in total. The lowest BCUT2D eigenvalue weighted by atomic mass is 10.1. The molecule has 0 saturated carbocycles. The molecular weight excluding hydrogens is 471 g/mol. The van der Waals surface area contributed by atoms with Gasteiger partial charge in [-0.2, -0.15) is 4.98 Å². The van der Waals surface area contributed by atoms with E-state index in [-0.39, 0.29) is 17.3 Å². The average Bonchev–Trinajstić information content (AvgIpc) is 3.46. The molecule has 0 saturated heterocycles. The molecule has 0 amide bonds. The number of aromatic nitrogens is 4. The predicted molar refractivity (Wildman–Crippen MR) is 129 cm³/mol. The zero-order valence-corrected chi connectivity index (χ0v) is 19.2. The van der Waals surface area contributed by atoms with Crippen molar-refractivity contribution in [2.45, 2.75) is 11.3 Å². The van der Waals surface area contributed by atoms with Crippen LogP contribution in [0.4, 0.5) is 10.3 Å². The zero-order valence-electron chi connectivity index (χ0n) is 18.4. The van der Waals surface area contributed by atoms with Crippen LogP contribution in [0.25, 0.3) is 28.5 Å². The molecule has 0 fully saturated rings. The second-order valence-electron chi connectivity index (χ2n) is 7.63. The molecule has 0 unspecified atom stereocenters. The number of oxazole rings is 1. The Bertz CT molecular complexity index is 1570. The zero-order chi connectivity index (χ0) is 24.3. The lowest BCUT2D eigenvalue weighted by molar-refractivity contribution is 0.580. The van der Waals surface area contributed by atoms with Crippen LogP contribution in [-0.4, -0.2) is 40.9 Å². The van der Waals surface area contributed by atoms with Crippen molar-refractivity contribution in [3.63, 3.8) is 0 Å². The summed E-state index contributed by atoms with van der Waals surface area (Å²) in [7, 11) is -3.55. The Labute approximate surface area is 200 Å². The molecular formula is C24H21FN6O3S. The average molecular weight is 493 g/mol. The third-order valence-corrected chi connectivity index (χ3v) is 6.72. The molecule has 35 heavy (non-hydrogen) atoms. The van der Waals surface area contributed by atoms with E-state index in [4.69, 9.17) is 4.42 Å². The van der Waals surface area contributed by atoms with Crippen LogP contribution in [-0.2, 0) is 10.0 Å². The van der Waals surface area contributed by atoms with Crippen molar-refractivity contribution in [1.82, 2.24) is 24.1 Å². The second kappa shape index (κ2) is 9.65. The van der Waals surface area contributed by atoms with Crippen LogP contribution in [0.1, 0.15) is 6.42 Å². The van der Waals surface area contributed by atoms with Crippen molar-refractivity contribution in [3.05, 3.63) is 85.1 Å². The van der Waals surface area contributed by atoms with Crippen molar-refractivity contribution in [2.75, 3.05) is 18.4 Å². The summed E-state index contributed by atoms with van der Waals surface area (Å²) in [5.74, 6) is 0.362. The van der Waals surface area contributed by atoms with Gasteiger partial charge in [0.05, 0.1) is 10.6 Å². The van der Waals surface area contributed by atoms with Gasteiger partial charge in [0.2, 0.25) is 16.0 Å². The number of imidazole rings is 1. The summed E-state index contributed by atoms with van der Waals surface area (Å²) in [6.45, 7) is 0.705. The van der Waals surface area contributed by atoms with E-state index in [9.17, 15) is 12.8 Å². The van der Waals surface area contributed by atoms with Crippen molar-refractivity contribution in [3.8, 4) is 22.6 Å². The largest absolute Gasteiger partial charge is 0.432 e. The van der Waals surface area contributed by atoms with E-state index in [1.807, 2.05) is 0 Å². The lowest BCUT2D eigenvalue weighted by Crippen LogP contribution is -2.26. The minimum atomic E-state index is -3.55. The number of hydrogen-bond donors (Lipinski definition) is 2. The predicted octanol–water partition coefficient (Wildman–Crippen LogP) is 3.97. The first-order valence-electron chi connectivity index (χ1n) is 10.8. The van der Waals surface area contributed by atoms with Crippen LogP contribution in [0.15, 0.2) is 88.6 Å². The molecule has 0 atom stereocenters. The molecule has 2 N–H and O–H groups in total. The smallest absolute Gasteiger partial charge is 0.306 e. The third-order valence-electron chi connectivity index (χ3n) is 5.24. The number of rotatable bonds is 9. The molecule has 0 aliphatic heterocycles. The summed E-state index contributed by atoms with van der Waals surface area (Å²) >= 11 is 0. The lowest BCUT2D eigenvalue weighted by Gasteiger charge is -2.09. The van der Waals surface area contributed by atoms with Crippen LogP contribution in [0.5, 0.6) is 0 Å². The molecule has 11 heteroatoms. The normalized spacial score (nSPS) is 11.7. The highest BCUT2D eigenvalue weighted by Gasteiger charge is 2.20. The van der Waals surface area contributed by atoms with Gasteiger partial charge < -0.3 is 9.73 Å². The van der Waals surface area contributed by atoms with E-state index < -0.39 is 10.0 Å². The minimum Gasteiger partial charge on any atom is -0.432 e. The topological polar surface area (TPSA) is 114 Å². The number of benzene rings is 2. The molecule has 0 bridgehead atoms. The van der Waals surface area contributed by atoms with Crippen molar-refractivity contribution in [1.29, 1.82) is 0 Å². The van der Waals surface area contributed by atoms with E-state index in [1.54, 1.807) is 65.3 Å². The van der Waals surface area contributed by atoms with Gasteiger partial charge >= 0.3 is 5.84 Å². The maximum Gasteiger partial charge on any atom is 0.306 e. The summed E-state index contributed by atoms with van der Waals surface area (Å²) in [4.78, 5) is 13.6. The highest BCUT2D eigenvalue weighted by atomic mass is 32.2. The van der Waals surface area contributed by atoms with E-state index >= 15 is 0 Å². The van der Waals surface area contributed by atoms with E-state index in [1.165, 1.54) is 18.4 Å². The van der Waals surface area contributed by atoms with Gasteiger partial charge in [-0.05, 0) is 36.8 Å². The highest BCUT2D eigenvalue weighted by molar-refractivity contribution is 7.89. The van der Waals surface area contributed by atoms with Crippen LogP contribution in [0, 0.1) is 5.82 Å². The molecule has 5 rings (SSSR count). The van der Waals surface area contributed by atoms with Crippen molar-refractivity contribution >= 4 is 21.8 Å². The summed E-state index contributed by atoms with van der Waals surface area (Å²) in [5, 5.41) is 3.11. The van der Waals surface area contributed by atoms with Gasteiger partial charge in [-0.1, -0.05) is 30.3 Å². The molecule has 5 aromatic rings. The molecule has 3 heterocycles. The Morgan fingerprint density at radius 1 is 1.00 bits per heavy atom. The number of halogens is 1. The fourth-order valence-electron chi connectivity index (χ4n) is 3.62. The highest BCUT2D eigenvalue weighted by Crippen LogP contribution is 2.32. The van der Waals surface area contributed by atoms with Crippen LogP contribution in [0.3, 0.4) is 0 Å². The van der Waals surface area contributed by atoms with Crippen LogP contribution < -0.4 is 10.0 Å². The maximum atomic E-state index is 13.9. The summed E-state index contributed by atoms with van der Waals surface area (Å²) < 4.78 is 48.2. The van der Waals surface area contributed by atoms with Crippen molar-refractivity contribution in [2.24, 2.45) is 0 Å². The van der Waals surface area contributed by atoms with Gasteiger partial charge in [-0.25, -0.2) is 27.5 Å². The summed E-state index contributed by atoms with van der Waals surface area (Å²) in [5.41, 5.74) is 2.34. The number of nitrogens with one attached hydrogen (secondary N) is 2. The van der Waals surface area contributed by atoms with E-state index in [0.717, 1.165) is 0 Å². The summed E-state index contributed by atoms with van der Waals surface area (Å²) in [6, 6.07) is 16.1. The molecule has 0 radical (unpaired) electrons. The standard InChI is InChI=1S/C24H21FN6O3S/c25-18-7-4-6-17(16-18)21-22(31-14-15-34-24(31)30-21)20-10-13-27-23(29-20)26-11-5-12-28-35(32,33)19-8-2-1-3-9-19/h1-4,6-10,13-16,28H,5,11-12H2,(H,26,27,29). The molecule has 178 valence electrons. The van der Waals surface area contributed by atoms with Gasteiger partial charge in [0.15, 0.2) is 0 Å². The Morgan fingerprint density at radius 2 is 1.86 bits per heavy atom. The molecule has 0 spiro atoms. The van der Waals surface area contributed by atoms with Gasteiger partial charge in [0.1, 0.15) is 23.5 Å². The van der Waals surface area contributed by atoms with Crippen LogP contribution >= 0.6 is 0 Å². The maximum absolute atomic E-state index is 13.9. The molecule has 0 aliphatic rings. The van der Waals surface area contributed by atoms with Crippen LogP contribution in [0.2, 0.25) is 0 Å². The van der Waals surface area contributed by atoms with Crippen molar-refractivity contribution < 1.29 is 17.2 Å². The number of hydrogen-bond acceptors (Lipinski definition) is 7. The fourth-order valence-corrected chi connectivity index (χ4v) is 4.72. The number of fused-ring (bicyclic) bond motifs is 1. The number of anilines is 1. The van der Waals surface area contributed by atoms with Gasteiger partial charge in [-0.3, -0.25) is 4.40 Å². The second-order valence-corrected chi connectivity index (χ2v) is 9.40. The van der Waals surface area contributed by atoms with Gasteiger partial charge in [-0.15, -0.1) is 0 Å². The first-order valence-corrected chi connectivity index (χ1v) is 12.3. The third kappa shape index (κ3) is 4.91. The Balaban J connectivity index is 1.30. The Morgan fingerprint density at radius 3 is 2.69 bits per heavy atom. The van der Waals surface area contributed by atoms with E-state index in [2.05, 4.69) is 25.0 Å². The molecule has 0 aliphatic carbocycles. The van der Waals surface area contributed by atoms with Gasteiger partial charge in [0, 0.05) is 31.0 Å². The van der Waals surface area contributed by atoms with E-state index in [0.29, 0.717) is 47.4 Å². The Kier molecular flexibility index (Phi) is 6.25. The summed E-state index contributed by atoms with van der Waals surface area (Å²) in [6.07, 6.45) is 5.36. The quantitative estimate of drug-likeness (QED) is 0.299. The number of sulfonamides is 1. The Hall–Kier alpha value is -4.09. The molecule has 3 aromatic heterocycles. The monoisotopic (exact) mass is 492 g/mol.